The predicted molar refractivity (Wildman–Crippen MR) is 70.9 cm³/mol. The molecular formula is C14H17NS. The molecule has 1 nitrogen and oxygen atoms in total. The maximum absolute atomic E-state index is 6.20. The van der Waals surface area contributed by atoms with Gasteiger partial charge in [0.05, 0.1) is 0 Å². The fourth-order valence-corrected chi connectivity index (χ4v) is 2.59. The molecule has 1 heterocycles. The van der Waals surface area contributed by atoms with E-state index in [0.29, 0.717) is 0 Å². The van der Waals surface area contributed by atoms with Gasteiger partial charge < -0.3 is 5.73 Å². The van der Waals surface area contributed by atoms with E-state index >= 15 is 0 Å². The van der Waals surface area contributed by atoms with Crippen molar-refractivity contribution < 1.29 is 0 Å². The first-order valence-corrected chi connectivity index (χ1v) is 6.45. The minimum absolute atomic E-state index is 0.117. The van der Waals surface area contributed by atoms with Crippen molar-refractivity contribution in [2.24, 2.45) is 5.73 Å². The molecule has 0 saturated carbocycles. The molecule has 0 aliphatic carbocycles. The molecule has 2 N–H and O–H groups in total. The summed E-state index contributed by atoms with van der Waals surface area (Å²) in [6, 6.07) is 8.79. The van der Waals surface area contributed by atoms with Gasteiger partial charge in [-0.2, -0.15) is 11.3 Å². The average molecular weight is 231 g/mol. The molecule has 0 aliphatic heterocycles. The quantitative estimate of drug-likeness (QED) is 0.858. The lowest BCUT2D eigenvalue weighted by Crippen LogP contribution is -2.13. The summed E-state index contributed by atoms with van der Waals surface area (Å²) in [6.45, 7) is 4.27. The molecule has 1 atom stereocenters. The molecule has 0 bridgehead atoms. The summed E-state index contributed by atoms with van der Waals surface area (Å²) in [6.07, 6.45) is 0.921. The zero-order valence-corrected chi connectivity index (χ0v) is 10.6. The number of thiophene rings is 1. The van der Waals surface area contributed by atoms with Gasteiger partial charge in [-0.05, 0) is 53.8 Å². The molecule has 2 heteroatoms. The second-order valence-electron chi connectivity index (χ2n) is 4.30. The molecule has 0 fully saturated rings. The van der Waals surface area contributed by atoms with Crippen LogP contribution in [0.4, 0.5) is 0 Å². The Morgan fingerprint density at radius 1 is 1.25 bits per heavy atom. The first kappa shape index (κ1) is 11.4. The Labute approximate surface area is 101 Å². The summed E-state index contributed by atoms with van der Waals surface area (Å²) in [4.78, 5) is 0. The zero-order chi connectivity index (χ0) is 11.5. The van der Waals surface area contributed by atoms with Crippen molar-refractivity contribution in [2.75, 3.05) is 0 Å². The van der Waals surface area contributed by atoms with Crippen LogP contribution in [0.1, 0.15) is 28.3 Å². The maximum atomic E-state index is 6.20. The minimum atomic E-state index is 0.117. The lowest BCUT2D eigenvalue weighted by Gasteiger charge is -2.12. The number of aryl methyl sites for hydroxylation is 2. The Kier molecular flexibility index (Phi) is 3.42. The Balaban J connectivity index is 2.17. The topological polar surface area (TPSA) is 26.0 Å². The molecule has 0 spiro atoms. The second kappa shape index (κ2) is 4.81. The van der Waals surface area contributed by atoms with Crippen LogP contribution in [0.15, 0.2) is 35.0 Å². The number of hydrogen-bond donors (Lipinski definition) is 1. The van der Waals surface area contributed by atoms with E-state index in [-0.39, 0.29) is 6.04 Å². The Bertz CT molecular complexity index is 460. The van der Waals surface area contributed by atoms with E-state index in [2.05, 4.69) is 48.9 Å². The molecule has 1 aromatic heterocycles. The van der Waals surface area contributed by atoms with Crippen molar-refractivity contribution in [2.45, 2.75) is 26.3 Å². The molecule has 0 saturated heterocycles. The predicted octanol–water partition coefficient (Wildman–Crippen LogP) is 3.61. The van der Waals surface area contributed by atoms with E-state index in [1.54, 1.807) is 11.3 Å². The number of benzene rings is 1. The normalized spacial score (nSPS) is 12.7. The zero-order valence-electron chi connectivity index (χ0n) is 9.73. The van der Waals surface area contributed by atoms with Crippen molar-refractivity contribution in [1.29, 1.82) is 0 Å². The smallest absolute Gasteiger partial charge is 0.0344 e. The van der Waals surface area contributed by atoms with Gasteiger partial charge in [-0.3, -0.25) is 0 Å². The first-order chi connectivity index (χ1) is 7.66. The molecule has 1 aromatic carbocycles. The van der Waals surface area contributed by atoms with Gasteiger partial charge in [-0.1, -0.05) is 23.8 Å². The van der Waals surface area contributed by atoms with E-state index in [1.807, 2.05) is 0 Å². The standard InChI is InChI=1S/C14H17NS/c1-10-3-4-11(2)13(7-10)8-14(15)12-5-6-16-9-12/h3-7,9,14H,8,15H2,1-2H3. The summed E-state index contributed by atoms with van der Waals surface area (Å²) < 4.78 is 0. The van der Waals surface area contributed by atoms with E-state index < -0.39 is 0 Å². The van der Waals surface area contributed by atoms with Crippen molar-refractivity contribution in [3.63, 3.8) is 0 Å². The fourth-order valence-electron chi connectivity index (χ4n) is 1.86. The van der Waals surface area contributed by atoms with E-state index in [0.717, 1.165) is 6.42 Å². The molecule has 2 rings (SSSR count). The largest absolute Gasteiger partial charge is 0.324 e. The fraction of sp³-hybridized carbons (Fsp3) is 0.286. The Morgan fingerprint density at radius 2 is 2.06 bits per heavy atom. The summed E-state index contributed by atoms with van der Waals surface area (Å²) in [5.74, 6) is 0. The van der Waals surface area contributed by atoms with Crippen LogP contribution >= 0.6 is 11.3 Å². The van der Waals surface area contributed by atoms with Crippen LogP contribution < -0.4 is 5.73 Å². The van der Waals surface area contributed by atoms with Crippen LogP contribution in [0, 0.1) is 13.8 Å². The van der Waals surface area contributed by atoms with Gasteiger partial charge in [0.2, 0.25) is 0 Å². The highest BCUT2D eigenvalue weighted by atomic mass is 32.1. The molecule has 16 heavy (non-hydrogen) atoms. The summed E-state index contributed by atoms with van der Waals surface area (Å²) in [7, 11) is 0. The van der Waals surface area contributed by atoms with Gasteiger partial charge in [-0.25, -0.2) is 0 Å². The lowest BCUT2D eigenvalue weighted by atomic mass is 9.97. The summed E-state index contributed by atoms with van der Waals surface area (Å²) in [5.41, 5.74) is 11.4. The number of rotatable bonds is 3. The minimum Gasteiger partial charge on any atom is -0.324 e. The van der Waals surface area contributed by atoms with Crippen molar-refractivity contribution >= 4 is 11.3 Å². The van der Waals surface area contributed by atoms with Crippen molar-refractivity contribution in [3.8, 4) is 0 Å². The van der Waals surface area contributed by atoms with E-state index in [1.165, 1.54) is 22.3 Å². The maximum Gasteiger partial charge on any atom is 0.0344 e. The molecule has 0 amide bonds. The molecule has 84 valence electrons. The third-order valence-electron chi connectivity index (χ3n) is 2.92. The highest BCUT2D eigenvalue weighted by Crippen LogP contribution is 2.21. The number of hydrogen-bond acceptors (Lipinski definition) is 2. The van der Waals surface area contributed by atoms with Crippen molar-refractivity contribution in [3.05, 3.63) is 57.3 Å². The second-order valence-corrected chi connectivity index (χ2v) is 5.08. The Morgan fingerprint density at radius 3 is 2.75 bits per heavy atom. The van der Waals surface area contributed by atoms with Gasteiger partial charge in [0, 0.05) is 6.04 Å². The third-order valence-corrected chi connectivity index (χ3v) is 3.62. The molecule has 2 aromatic rings. The number of nitrogens with two attached hydrogens (primary N) is 1. The molecule has 0 radical (unpaired) electrons. The van der Waals surface area contributed by atoms with Crippen LogP contribution in [0.25, 0.3) is 0 Å². The van der Waals surface area contributed by atoms with Crippen LogP contribution in [-0.4, -0.2) is 0 Å². The average Bonchev–Trinajstić information content (AvgIpc) is 2.76. The lowest BCUT2D eigenvalue weighted by molar-refractivity contribution is 0.721. The highest BCUT2D eigenvalue weighted by Gasteiger charge is 2.09. The van der Waals surface area contributed by atoms with E-state index in [4.69, 9.17) is 5.73 Å². The molecule has 1 unspecified atom stereocenters. The third kappa shape index (κ3) is 2.52. The summed E-state index contributed by atoms with van der Waals surface area (Å²) >= 11 is 1.71. The highest BCUT2D eigenvalue weighted by molar-refractivity contribution is 7.07. The van der Waals surface area contributed by atoms with Gasteiger partial charge in [0.1, 0.15) is 0 Å². The first-order valence-electron chi connectivity index (χ1n) is 5.50. The SMILES string of the molecule is Cc1ccc(C)c(CC(N)c2ccsc2)c1. The van der Waals surface area contributed by atoms with Crippen LogP contribution in [-0.2, 0) is 6.42 Å². The van der Waals surface area contributed by atoms with Crippen molar-refractivity contribution in [1.82, 2.24) is 0 Å². The molecule has 0 aliphatic rings. The van der Waals surface area contributed by atoms with E-state index in [9.17, 15) is 0 Å². The van der Waals surface area contributed by atoms with Crippen LogP contribution in [0.5, 0.6) is 0 Å². The van der Waals surface area contributed by atoms with Gasteiger partial charge in [0.15, 0.2) is 0 Å². The summed E-state index contributed by atoms with van der Waals surface area (Å²) in [5, 5.41) is 4.22. The van der Waals surface area contributed by atoms with Gasteiger partial charge in [0.25, 0.3) is 0 Å². The van der Waals surface area contributed by atoms with Gasteiger partial charge in [-0.15, -0.1) is 0 Å². The monoisotopic (exact) mass is 231 g/mol. The van der Waals surface area contributed by atoms with Crippen LogP contribution in [0.3, 0.4) is 0 Å². The Hall–Kier alpha value is -1.12. The molecular weight excluding hydrogens is 214 g/mol. The van der Waals surface area contributed by atoms with Gasteiger partial charge >= 0.3 is 0 Å². The van der Waals surface area contributed by atoms with Crippen LogP contribution in [0.2, 0.25) is 0 Å².